The first-order valence-electron chi connectivity index (χ1n) is 18.3. The van der Waals surface area contributed by atoms with Gasteiger partial charge in [0.2, 0.25) is 5.91 Å². The molecule has 1 amide bonds. The lowest BCUT2D eigenvalue weighted by Gasteiger charge is -2.50. The summed E-state index contributed by atoms with van der Waals surface area (Å²) in [4.78, 5) is 12.3. The molecular formula is C32H55NO24. The molecule has 0 aromatic rings. The first-order chi connectivity index (χ1) is 26.8. The zero-order chi connectivity index (χ0) is 42.2. The van der Waals surface area contributed by atoms with E-state index >= 15 is 0 Å². The predicted octanol–water partition coefficient (Wildman–Crippen LogP) is -9.73. The number of aliphatic hydroxyl groups excluding tert-OH is 14. The summed E-state index contributed by atoms with van der Waals surface area (Å²) in [6.45, 7) is 1.00. The summed E-state index contributed by atoms with van der Waals surface area (Å²) in [5.41, 5.74) is 0. The summed E-state index contributed by atoms with van der Waals surface area (Å²) < 4.78 is 50.9. The first kappa shape index (κ1) is 46.6. The summed E-state index contributed by atoms with van der Waals surface area (Å²) >= 11 is 0. The lowest BCUT2D eigenvalue weighted by molar-refractivity contribution is -0.392. The highest BCUT2D eigenvalue weighted by atomic mass is 16.8. The number of carbonyl (C=O) groups is 1. The molecule has 0 aliphatic carbocycles. The van der Waals surface area contributed by atoms with E-state index in [2.05, 4.69) is 5.32 Å². The van der Waals surface area contributed by atoms with Crippen LogP contribution in [0.15, 0.2) is 0 Å². The third kappa shape index (κ3) is 9.71. The van der Waals surface area contributed by atoms with Crippen LogP contribution in [0, 0.1) is 0 Å². The van der Waals surface area contributed by atoms with E-state index in [4.69, 9.17) is 42.6 Å². The quantitative estimate of drug-likeness (QED) is 0.0867. The largest absolute Gasteiger partial charge is 0.394 e. The summed E-state index contributed by atoms with van der Waals surface area (Å²) in [6, 6.07) is -1.63. The smallest absolute Gasteiger partial charge is 0.217 e. The van der Waals surface area contributed by atoms with E-state index in [1.54, 1.807) is 0 Å². The monoisotopic (exact) mass is 837 g/mol. The van der Waals surface area contributed by atoms with E-state index in [0.29, 0.717) is 0 Å². The Morgan fingerprint density at radius 1 is 0.456 bits per heavy atom. The fourth-order valence-electron chi connectivity index (χ4n) is 7.31. The molecular weight excluding hydrogens is 782 g/mol. The van der Waals surface area contributed by atoms with Gasteiger partial charge in [-0.1, -0.05) is 0 Å². The number of nitrogens with one attached hydrogen (secondary N) is 1. The van der Waals surface area contributed by atoms with Gasteiger partial charge in [-0.25, -0.2) is 0 Å². The van der Waals surface area contributed by atoms with Gasteiger partial charge in [-0.15, -0.1) is 0 Å². The van der Waals surface area contributed by atoms with Crippen molar-refractivity contribution in [1.82, 2.24) is 5.32 Å². The van der Waals surface area contributed by atoms with Crippen LogP contribution in [0.4, 0.5) is 0 Å². The highest BCUT2D eigenvalue weighted by Crippen LogP contribution is 2.36. The van der Waals surface area contributed by atoms with Crippen molar-refractivity contribution in [3.8, 4) is 0 Å². The molecule has 25 heteroatoms. The maximum atomic E-state index is 12.3. The molecule has 5 aliphatic rings. The van der Waals surface area contributed by atoms with Gasteiger partial charge in [0.1, 0.15) is 110 Å². The van der Waals surface area contributed by atoms with Crippen LogP contribution in [0.1, 0.15) is 20.8 Å². The Labute approximate surface area is 324 Å². The molecule has 0 aromatic heterocycles. The van der Waals surface area contributed by atoms with Crippen LogP contribution in [0.5, 0.6) is 0 Å². The molecule has 332 valence electrons. The molecule has 5 rings (SSSR count). The molecule has 0 saturated carbocycles. The lowest BCUT2D eigenvalue weighted by atomic mass is 9.94. The van der Waals surface area contributed by atoms with Crippen LogP contribution in [-0.4, -0.2) is 251 Å². The van der Waals surface area contributed by atoms with Crippen molar-refractivity contribution in [1.29, 1.82) is 0 Å². The second-order valence-electron chi connectivity index (χ2n) is 14.7. The van der Waals surface area contributed by atoms with Crippen molar-refractivity contribution in [2.45, 2.75) is 174 Å². The average Bonchev–Trinajstić information content (AvgIpc) is 3.17. The number of ether oxygens (including phenoxy) is 9. The van der Waals surface area contributed by atoms with Gasteiger partial charge in [-0.05, 0) is 13.8 Å². The minimum atomic E-state index is -2.11. The summed E-state index contributed by atoms with van der Waals surface area (Å²) in [7, 11) is 0. The molecule has 57 heavy (non-hydrogen) atoms. The van der Waals surface area contributed by atoms with Crippen molar-refractivity contribution < 1.29 is 119 Å². The zero-order valence-electron chi connectivity index (χ0n) is 30.9. The Bertz CT molecular complexity index is 1290. The maximum Gasteiger partial charge on any atom is 0.217 e. The normalized spacial score (nSPS) is 52.3. The van der Waals surface area contributed by atoms with Crippen molar-refractivity contribution in [2.24, 2.45) is 0 Å². The molecule has 0 aromatic carbocycles. The Morgan fingerprint density at radius 3 is 1.40 bits per heavy atom. The number of carbonyl (C=O) groups excluding carboxylic acids is 1. The molecule has 5 heterocycles. The molecule has 15 N–H and O–H groups in total. The molecule has 0 radical (unpaired) electrons. The molecule has 25 nitrogen and oxygen atoms in total. The van der Waals surface area contributed by atoms with Crippen LogP contribution in [0.25, 0.3) is 0 Å². The van der Waals surface area contributed by atoms with Gasteiger partial charge >= 0.3 is 0 Å². The van der Waals surface area contributed by atoms with Crippen molar-refractivity contribution in [3.05, 3.63) is 0 Å². The number of amides is 1. The molecule has 0 spiro atoms. The van der Waals surface area contributed by atoms with E-state index in [9.17, 15) is 76.3 Å². The van der Waals surface area contributed by atoms with E-state index in [0.717, 1.165) is 6.92 Å². The summed E-state index contributed by atoms with van der Waals surface area (Å²) in [5.74, 6) is -0.760. The van der Waals surface area contributed by atoms with Crippen molar-refractivity contribution in [3.63, 3.8) is 0 Å². The van der Waals surface area contributed by atoms with Gasteiger partial charge in [-0.2, -0.15) is 0 Å². The molecule has 5 saturated heterocycles. The van der Waals surface area contributed by atoms with E-state index in [1.165, 1.54) is 13.8 Å². The number of hydrogen-bond acceptors (Lipinski definition) is 24. The number of rotatable bonds is 12. The Kier molecular flexibility index (Phi) is 16.0. The minimum Gasteiger partial charge on any atom is -0.394 e. The second kappa shape index (κ2) is 19.5. The SMILES string of the molecule is CC(=O)N[C@H]1[C@H](O[C@H]2[C@@H](O)[C@@H](CO)O[C@@H](O[C@H]3[C@H](O[C@@H]4O[C@@H](C)[C@@H](O)[C@@H](O)[C@@H]4O)[C@@H](O)[C@H](O)O[C@@H]3CO)[C@@H]2O)O[C@H](CO)[C@@H](O[C@@H]2O[C@@H](C)[C@@H](O)[C@@H](O)[C@@H]2O)[C@@H]1O. The predicted molar refractivity (Wildman–Crippen MR) is 175 cm³/mol. The molecule has 0 unspecified atom stereocenters. The highest BCUT2D eigenvalue weighted by molar-refractivity contribution is 5.73. The minimum absolute atomic E-state index is 0.760. The lowest BCUT2D eigenvalue weighted by Crippen LogP contribution is -2.70. The van der Waals surface area contributed by atoms with E-state index < -0.39 is 179 Å². The molecule has 0 bridgehead atoms. The molecule has 5 fully saturated rings. The van der Waals surface area contributed by atoms with Crippen molar-refractivity contribution >= 4 is 5.91 Å². The third-order valence-corrected chi connectivity index (χ3v) is 10.6. The number of aliphatic hydroxyl groups is 14. The topological polar surface area (TPSA) is 395 Å². The standard InChI is InChI=1S/C32H55NO24/c1-7-14(38)18(42)20(44)30(49-7)54-24-11(5-35)53-29(13(17(24)41)33-9(3)37)56-26-16(40)10(4-34)52-32(23(26)47)55-25-12(6-36)51-28(48)22(46)27(25)57-31-21(45)19(43)15(39)8(2)50-31/h7-8,10-32,34-36,38-48H,4-6H2,1-3H3,(H,33,37)/t7-,8-,10+,11+,12+,13+,14+,15+,16-,17+,18+,19+,20-,21-,22+,23+,24+,25+,26-,27+,28+,29-,30-,31-,32-/m0/s1. The van der Waals surface area contributed by atoms with Crippen LogP contribution < -0.4 is 5.32 Å². The Hall–Kier alpha value is -1.45. The van der Waals surface area contributed by atoms with Crippen LogP contribution in [0.3, 0.4) is 0 Å². The maximum absolute atomic E-state index is 12.3. The van der Waals surface area contributed by atoms with Gasteiger partial charge in [-0.3, -0.25) is 4.79 Å². The van der Waals surface area contributed by atoms with E-state index in [1.807, 2.05) is 0 Å². The fraction of sp³-hybridized carbons (Fsp3) is 0.969. The summed E-state index contributed by atoms with van der Waals surface area (Å²) in [6.07, 6.45) is -41.5. The molecule has 25 atom stereocenters. The molecule has 5 aliphatic heterocycles. The van der Waals surface area contributed by atoms with Crippen LogP contribution in [-0.2, 0) is 47.4 Å². The fourth-order valence-corrected chi connectivity index (χ4v) is 7.31. The third-order valence-electron chi connectivity index (χ3n) is 10.6. The second-order valence-corrected chi connectivity index (χ2v) is 14.7. The first-order valence-corrected chi connectivity index (χ1v) is 18.3. The average molecular weight is 838 g/mol. The number of hydrogen-bond donors (Lipinski definition) is 15. The Balaban J connectivity index is 1.38. The zero-order valence-corrected chi connectivity index (χ0v) is 30.9. The Morgan fingerprint density at radius 2 is 0.895 bits per heavy atom. The van der Waals surface area contributed by atoms with Gasteiger partial charge < -0.3 is 119 Å². The summed E-state index contributed by atoms with van der Waals surface area (Å²) in [5, 5.41) is 150. The van der Waals surface area contributed by atoms with Gasteiger partial charge in [0.15, 0.2) is 31.5 Å². The van der Waals surface area contributed by atoms with Crippen molar-refractivity contribution in [2.75, 3.05) is 19.8 Å². The van der Waals surface area contributed by atoms with Gasteiger partial charge in [0.05, 0.1) is 32.0 Å². The van der Waals surface area contributed by atoms with Crippen LogP contribution >= 0.6 is 0 Å². The highest BCUT2D eigenvalue weighted by Gasteiger charge is 2.56. The van der Waals surface area contributed by atoms with Crippen LogP contribution in [0.2, 0.25) is 0 Å². The van der Waals surface area contributed by atoms with Gasteiger partial charge in [0, 0.05) is 6.92 Å². The van der Waals surface area contributed by atoms with E-state index in [-0.39, 0.29) is 0 Å². The van der Waals surface area contributed by atoms with Gasteiger partial charge in [0.25, 0.3) is 0 Å².